The molecule has 0 bridgehead atoms. The number of aliphatic hydroxyl groups excluding tert-OH is 1. The number of halogens is 1. The molecule has 1 aliphatic rings. The molecule has 2 aromatic rings. The molecule has 0 radical (unpaired) electrons. The maximum Gasteiger partial charge on any atom is 0.123 e. The summed E-state index contributed by atoms with van der Waals surface area (Å²) < 4.78 is 19.4. The molecule has 0 aliphatic heterocycles. The van der Waals surface area contributed by atoms with Gasteiger partial charge in [-0.25, -0.2) is 4.39 Å². The van der Waals surface area contributed by atoms with Gasteiger partial charge in [0, 0.05) is 6.61 Å². The van der Waals surface area contributed by atoms with E-state index in [1.165, 1.54) is 6.07 Å². The Balaban J connectivity index is 1.62. The zero-order valence-corrected chi connectivity index (χ0v) is 12.5. The molecule has 1 fully saturated rings. The van der Waals surface area contributed by atoms with Crippen molar-refractivity contribution in [2.45, 2.75) is 25.9 Å². The first-order chi connectivity index (χ1) is 10.8. The zero-order valence-electron chi connectivity index (χ0n) is 12.5. The molecule has 0 spiro atoms. The van der Waals surface area contributed by atoms with Gasteiger partial charge in [0.1, 0.15) is 18.2 Å². The molecule has 0 amide bonds. The van der Waals surface area contributed by atoms with Crippen LogP contribution in [-0.2, 0) is 13.0 Å². The highest BCUT2D eigenvalue weighted by Crippen LogP contribution is 2.41. The lowest BCUT2D eigenvalue weighted by atomic mass is 10.1. The van der Waals surface area contributed by atoms with Crippen LogP contribution in [-0.4, -0.2) is 11.7 Å². The van der Waals surface area contributed by atoms with Crippen molar-refractivity contribution in [3.8, 4) is 5.75 Å². The number of aryl methyl sites for hydroxylation is 1. The topological polar surface area (TPSA) is 29.5 Å². The van der Waals surface area contributed by atoms with Gasteiger partial charge in [-0.05, 0) is 60.4 Å². The van der Waals surface area contributed by atoms with E-state index in [4.69, 9.17) is 9.84 Å². The van der Waals surface area contributed by atoms with Gasteiger partial charge >= 0.3 is 0 Å². The van der Waals surface area contributed by atoms with Gasteiger partial charge in [0.25, 0.3) is 0 Å². The monoisotopic (exact) mass is 300 g/mol. The molecule has 2 atom stereocenters. The number of benzene rings is 2. The zero-order chi connectivity index (χ0) is 15.4. The number of ether oxygens (including phenoxy) is 1. The van der Waals surface area contributed by atoms with Crippen molar-refractivity contribution in [3.05, 3.63) is 65.5 Å². The fourth-order valence-electron chi connectivity index (χ4n) is 2.85. The van der Waals surface area contributed by atoms with E-state index in [1.807, 2.05) is 30.3 Å². The van der Waals surface area contributed by atoms with E-state index in [0.29, 0.717) is 18.4 Å². The molecule has 116 valence electrons. The van der Waals surface area contributed by atoms with E-state index in [0.717, 1.165) is 36.1 Å². The van der Waals surface area contributed by atoms with Crippen LogP contribution in [0.3, 0.4) is 0 Å². The standard InChI is InChI=1S/C19H21FO2/c20-18-8-9-19(22-13-14-4-2-1-3-5-14)16(11-18)7-6-15-10-17(15)12-21/h1-5,8-9,11,15,17,21H,6-7,10,12-13H2/t15-,17-/m1/s1. The second-order valence-electron chi connectivity index (χ2n) is 6.00. The molecule has 0 saturated heterocycles. The number of rotatable bonds is 7. The van der Waals surface area contributed by atoms with Crippen LogP contribution in [0.25, 0.3) is 0 Å². The molecule has 1 N–H and O–H groups in total. The van der Waals surface area contributed by atoms with Crippen LogP contribution >= 0.6 is 0 Å². The fourth-order valence-corrected chi connectivity index (χ4v) is 2.85. The number of hydrogen-bond donors (Lipinski definition) is 1. The normalized spacial score (nSPS) is 19.9. The first kappa shape index (κ1) is 15.0. The van der Waals surface area contributed by atoms with Gasteiger partial charge in [-0.15, -0.1) is 0 Å². The third-order valence-corrected chi connectivity index (χ3v) is 4.35. The first-order valence-electron chi connectivity index (χ1n) is 7.82. The average Bonchev–Trinajstić information content (AvgIpc) is 3.31. The summed E-state index contributed by atoms with van der Waals surface area (Å²) in [4.78, 5) is 0. The third kappa shape index (κ3) is 3.86. The van der Waals surface area contributed by atoms with Gasteiger partial charge in [-0.2, -0.15) is 0 Å². The van der Waals surface area contributed by atoms with Gasteiger partial charge in [-0.1, -0.05) is 30.3 Å². The lowest BCUT2D eigenvalue weighted by Crippen LogP contribution is -2.00. The number of aliphatic hydroxyl groups is 1. The van der Waals surface area contributed by atoms with Crippen molar-refractivity contribution in [1.29, 1.82) is 0 Å². The summed E-state index contributed by atoms with van der Waals surface area (Å²) in [5.41, 5.74) is 2.01. The Kier molecular flexibility index (Phi) is 4.74. The number of hydrogen-bond acceptors (Lipinski definition) is 2. The Bertz CT molecular complexity index is 612. The smallest absolute Gasteiger partial charge is 0.123 e. The average molecular weight is 300 g/mol. The summed E-state index contributed by atoms with van der Waals surface area (Å²) in [5.74, 6) is 1.56. The van der Waals surface area contributed by atoms with E-state index in [-0.39, 0.29) is 12.4 Å². The van der Waals surface area contributed by atoms with Crippen LogP contribution in [0.4, 0.5) is 4.39 Å². The van der Waals surface area contributed by atoms with Crippen LogP contribution in [0.5, 0.6) is 5.75 Å². The lowest BCUT2D eigenvalue weighted by molar-refractivity contribution is 0.267. The predicted octanol–water partition coefficient (Wildman–Crippen LogP) is 3.97. The van der Waals surface area contributed by atoms with E-state index < -0.39 is 0 Å². The van der Waals surface area contributed by atoms with Crippen LogP contribution in [0.1, 0.15) is 24.0 Å². The third-order valence-electron chi connectivity index (χ3n) is 4.35. The van der Waals surface area contributed by atoms with E-state index in [1.54, 1.807) is 12.1 Å². The van der Waals surface area contributed by atoms with Gasteiger partial charge < -0.3 is 9.84 Å². The highest BCUT2D eigenvalue weighted by molar-refractivity contribution is 5.34. The highest BCUT2D eigenvalue weighted by atomic mass is 19.1. The molecular weight excluding hydrogens is 279 g/mol. The van der Waals surface area contributed by atoms with Crippen molar-refractivity contribution in [2.24, 2.45) is 11.8 Å². The summed E-state index contributed by atoms with van der Waals surface area (Å²) in [6.07, 6.45) is 2.87. The summed E-state index contributed by atoms with van der Waals surface area (Å²) in [6, 6.07) is 14.7. The minimum Gasteiger partial charge on any atom is -0.489 e. The Morgan fingerprint density at radius 3 is 2.64 bits per heavy atom. The van der Waals surface area contributed by atoms with Crippen LogP contribution in [0, 0.1) is 17.7 Å². The summed E-state index contributed by atoms with van der Waals surface area (Å²) in [6.45, 7) is 0.757. The van der Waals surface area contributed by atoms with Gasteiger partial charge in [-0.3, -0.25) is 0 Å². The lowest BCUT2D eigenvalue weighted by Gasteiger charge is -2.12. The van der Waals surface area contributed by atoms with Crippen LogP contribution in [0.2, 0.25) is 0 Å². The predicted molar refractivity (Wildman–Crippen MR) is 84.2 cm³/mol. The fraction of sp³-hybridized carbons (Fsp3) is 0.368. The molecule has 2 aromatic carbocycles. The van der Waals surface area contributed by atoms with Crippen molar-refractivity contribution >= 4 is 0 Å². The van der Waals surface area contributed by atoms with Gasteiger partial charge in [0.05, 0.1) is 0 Å². The van der Waals surface area contributed by atoms with Gasteiger partial charge in [0.15, 0.2) is 0 Å². The van der Waals surface area contributed by atoms with Crippen molar-refractivity contribution < 1.29 is 14.2 Å². The second kappa shape index (κ2) is 6.93. The Morgan fingerprint density at radius 2 is 1.91 bits per heavy atom. The molecular formula is C19H21FO2. The maximum absolute atomic E-state index is 13.5. The summed E-state index contributed by atoms with van der Waals surface area (Å²) in [5, 5.41) is 9.10. The van der Waals surface area contributed by atoms with E-state index in [2.05, 4.69) is 0 Å². The molecule has 22 heavy (non-hydrogen) atoms. The van der Waals surface area contributed by atoms with Gasteiger partial charge in [0.2, 0.25) is 0 Å². The Labute approximate surface area is 130 Å². The minimum atomic E-state index is -0.225. The molecule has 1 aliphatic carbocycles. The minimum absolute atomic E-state index is 0.225. The maximum atomic E-state index is 13.5. The Hall–Kier alpha value is -1.87. The molecule has 1 saturated carbocycles. The Morgan fingerprint density at radius 1 is 1.09 bits per heavy atom. The molecule has 0 heterocycles. The van der Waals surface area contributed by atoms with Crippen molar-refractivity contribution in [2.75, 3.05) is 6.61 Å². The van der Waals surface area contributed by atoms with Crippen molar-refractivity contribution in [1.82, 2.24) is 0 Å². The molecule has 0 unspecified atom stereocenters. The van der Waals surface area contributed by atoms with Crippen LogP contribution in [0.15, 0.2) is 48.5 Å². The SMILES string of the molecule is OC[C@H]1C[C@H]1CCc1cc(F)ccc1OCc1ccccc1. The quantitative estimate of drug-likeness (QED) is 0.838. The molecule has 0 aromatic heterocycles. The van der Waals surface area contributed by atoms with Crippen molar-refractivity contribution in [3.63, 3.8) is 0 Å². The second-order valence-corrected chi connectivity index (χ2v) is 6.00. The summed E-state index contributed by atoms with van der Waals surface area (Å²) in [7, 11) is 0. The van der Waals surface area contributed by atoms with Crippen LogP contribution < -0.4 is 4.74 Å². The molecule has 3 rings (SSSR count). The molecule has 3 heteroatoms. The largest absolute Gasteiger partial charge is 0.489 e. The highest BCUT2D eigenvalue weighted by Gasteiger charge is 2.35. The van der Waals surface area contributed by atoms with E-state index >= 15 is 0 Å². The van der Waals surface area contributed by atoms with E-state index in [9.17, 15) is 4.39 Å². The summed E-state index contributed by atoms with van der Waals surface area (Å²) >= 11 is 0. The first-order valence-corrected chi connectivity index (χ1v) is 7.82. The molecule has 2 nitrogen and oxygen atoms in total.